The van der Waals surface area contributed by atoms with Gasteiger partial charge in [-0.05, 0) is 23.9 Å². The Hall–Kier alpha value is -2.30. The van der Waals surface area contributed by atoms with E-state index in [0.717, 1.165) is 11.8 Å². The Morgan fingerprint density at radius 2 is 2.10 bits per heavy atom. The van der Waals surface area contributed by atoms with Crippen LogP contribution in [-0.4, -0.2) is 35.4 Å². The number of carbonyl (C=O) groups is 1. The third kappa shape index (κ3) is 2.39. The maximum absolute atomic E-state index is 12.0. The minimum atomic E-state index is -0.0918. The average molecular weight is 271 g/mol. The number of fused-ring (bicyclic) bond motifs is 1. The van der Waals surface area contributed by atoms with Gasteiger partial charge in [0.15, 0.2) is 0 Å². The molecule has 20 heavy (non-hydrogen) atoms. The molecule has 0 spiro atoms. The van der Waals surface area contributed by atoms with Gasteiger partial charge in [0.1, 0.15) is 5.82 Å². The highest BCUT2D eigenvalue weighted by Crippen LogP contribution is 2.17. The Balaban J connectivity index is 1.84. The summed E-state index contributed by atoms with van der Waals surface area (Å²) in [6, 6.07) is 9.62. The highest BCUT2D eigenvalue weighted by atomic mass is 16.2. The molecule has 1 amide bonds. The first kappa shape index (κ1) is 12.7. The van der Waals surface area contributed by atoms with Gasteiger partial charge in [-0.2, -0.15) is 0 Å². The number of amides is 1. The Kier molecular flexibility index (Phi) is 3.18. The molecule has 5 heteroatoms. The van der Waals surface area contributed by atoms with E-state index in [2.05, 4.69) is 10.3 Å². The topological polar surface area (TPSA) is 65.2 Å². The van der Waals surface area contributed by atoms with Gasteiger partial charge in [0.2, 0.25) is 5.91 Å². The number of pyridine rings is 1. The summed E-state index contributed by atoms with van der Waals surface area (Å²) in [5, 5.41) is 4.92. The highest BCUT2D eigenvalue weighted by molar-refractivity contribution is 5.83. The van der Waals surface area contributed by atoms with Crippen LogP contribution in [0.1, 0.15) is 12.8 Å². The van der Waals surface area contributed by atoms with Crippen molar-refractivity contribution >= 4 is 22.5 Å². The van der Waals surface area contributed by atoms with Crippen LogP contribution < -0.4 is 10.9 Å². The number of likely N-dealkylation sites (N-methyl/N-ethyl adjacent to an activating group) is 1. The van der Waals surface area contributed by atoms with Crippen LogP contribution in [0.15, 0.2) is 35.1 Å². The lowest BCUT2D eigenvalue weighted by molar-refractivity contribution is -0.132. The number of H-pyrrole nitrogens is 1. The Morgan fingerprint density at radius 1 is 1.30 bits per heavy atom. The summed E-state index contributed by atoms with van der Waals surface area (Å²) < 4.78 is 0. The molecule has 1 aliphatic rings. The number of anilines is 1. The third-order valence-corrected chi connectivity index (χ3v) is 3.74. The Labute approximate surface area is 116 Å². The second-order valence-corrected chi connectivity index (χ2v) is 5.25. The molecule has 1 saturated heterocycles. The fourth-order valence-corrected chi connectivity index (χ4v) is 2.64. The minimum Gasteiger partial charge on any atom is -0.367 e. The molecule has 2 aromatic rings. The smallest absolute Gasteiger partial charge is 0.257 e. The Morgan fingerprint density at radius 3 is 2.90 bits per heavy atom. The number of piperidine rings is 1. The number of rotatable bonds is 2. The van der Waals surface area contributed by atoms with E-state index < -0.39 is 0 Å². The van der Waals surface area contributed by atoms with Crippen molar-refractivity contribution in [2.75, 3.05) is 18.9 Å². The highest BCUT2D eigenvalue weighted by Gasteiger charge is 2.22. The molecule has 5 nitrogen and oxygen atoms in total. The summed E-state index contributed by atoms with van der Waals surface area (Å²) in [6.45, 7) is 0.660. The summed E-state index contributed by atoms with van der Waals surface area (Å²) in [7, 11) is 1.80. The zero-order chi connectivity index (χ0) is 14.1. The van der Waals surface area contributed by atoms with Crippen molar-refractivity contribution in [1.29, 1.82) is 0 Å². The van der Waals surface area contributed by atoms with Gasteiger partial charge in [0.25, 0.3) is 5.56 Å². The molecule has 2 heterocycles. The number of likely N-dealkylation sites (tertiary alicyclic amines) is 1. The number of carbonyl (C=O) groups excluding carboxylic acids is 1. The molecule has 1 unspecified atom stereocenters. The predicted molar refractivity (Wildman–Crippen MR) is 78.9 cm³/mol. The molecular weight excluding hydrogens is 254 g/mol. The molecule has 3 rings (SSSR count). The van der Waals surface area contributed by atoms with Crippen molar-refractivity contribution in [2.45, 2.75) is 18.9 Å². The van der Waals surface area contributed by atoms with Crippen LogP contribution in [0.4, 0.5) is 5.82 Å². The molecule has 0 radical (unpaired) electrons. The van der Waals surface area contributed by atoms with E-state index in [4.69, 9.17) is 0 Å². The number of nitrogens with zero attached hydrogens (tertiary/aromatic N) is 1. The van der Waals surface area contributed by atoms with Crippen molar-refractivity contribution in [3.05, 3.63) is 40.7 Å². The summed E-state index contributed by atoms with van der Waals surface area (Å²) >= 11 is 0. The van der Waals surface area contributed by atoms with Gasteiger partial charge < -0.3 is 15.2 Å². The zero-order valence-corrected chi connectivity index (χ0v) is 11.3. The minimum absolute atomic E-state index is 0.0918. The average Bonchev–Trinajstić information content (AvgIpc) is 2.43. The van der Waals surface area contributed by atoms with Crippen molar-refractivity contribution in [2.24, 2.45) is 0 Å². The molecule has 0 saturated carbocycles. The first-order valence-electron chi connectivity index (χ1n) is 6.76. The summed E-state index contributed by atoms with van der Waals surface area (Å²) in [6.07, 6.45) is 1.34. The molecule has 1 aromatic heterocycles. The fraction of sp³-hybridized carbons (Fsp3) is 0.333. The van der Waals surface area contributed by atoms with E-state index in [9.17, 15) is 9.59 Å². The fourth-order valence-electron chi connectivity index (χ4n) is 2.64. The maximum atomic E-state index is 12.0. The molecule has 104 valence electrons. The van der Waals surface area contributed by atoms with Gasteiger partial charge >= 0.3 is 0 Å². The largest absolute Gasteiger partial charge is 0.367 e. The van der Waals surface area contributed by atoms with Crippen LogP contribution >= 0.6 is 0 Å². The number of hydrogen-bond acceptors (Lipinski definition) is 3. The first-order chi connectivity index (χ1) is 9.63. The number of hydrogen-bond donors (Lipinski definition) is 2. The van der Waals surface area contributed by atoms with E-state index in [1.54, 1.807) is 11.9 Å². The standard InChI is InChI=1S/C15H17N3O2/c1-18-9-11(6-7-14(18)19)16-13-8-10-4-2-3-5-12(10)15(20)17-13/h2-5,8,11H,6-7,9H2,1H3,(H2,16,17,20). The molecule has 1 aromatic carbocycles. The monoisotopic (exact) mass is 271 g/mol. The number of aromatic amines is 1. The van der Waals surface area contributed by atoms with Gasteiger partial charge in [0.05, 0.1) is 0 Å². The molecular formula is C15H17N3O2. The summed E-state index contributed by atoms with van der Waals surface area (Å²) in [4.78, 5) is 28.0. The van der Waals surface area contributed by atoms with Crippen LogP contribution in [0.5, 0.6) is 0 Å². The second kappa shape index (κ2) is 5.00. The number of aromatic nitrogens is 1. The lowest BCUT2D eigenvalue weighted by Crippen LogP contribution is -2.43. The van der Waals surface area contributed by atoms with E-state index in [-0.39, 0.29) is 17.5 Å². The van der Waals surface area contributed by atoms with E-state index in [1.165, 1.54) is 0 Å². The zero-order valence-electron chi connectivity index (χ0n) is 11.3. The van der Waals surface area contributed by atoms with E-state index >= 15 is 0 Å². The lowest BCUT2D eigenvalue weighted by Gasteiger charge is -2.30. The van der Waals surface area contributed by atoms with Crippen molar-refractivity contribution in [1.82, 2.24) is 9.88 Å². The van der Waals surface area contributed by atoms with Gasteiger partial charge in [-0.1, -0.05) is 18.2 Å². The maximum Gasteiger partial charge on any atom is 0.257 e. The van der Waals surface area contributed by atoms with Gasteiger partial charge in [0, 0.05) is 31.4 Å². The molecule has 0 bridgehead atoms. The van der Waals surface area contributed by atoms with Crippen molar-refractivity contribution in [3.8, 4) is 0 Å². The predicted octanol–water partition coefficient (Wildman–Crippen LogP) is 1.56. The quantitative estimate of drug-likeness (QED) is 0.871. The molecule has 1 fully saturated rings. The van der Waals surface area contributed by atoms with Gasteiger partial charge in [-0.15, -0.1) is 0 Å². The molecule has 1 aliphatic heterocycles. The Bertz CT molecular complexity index is 708. The molecule has 2 N–H and O–H groups in total. The van der Waals surface area contributed by atoms with Crippen molar-refractivity contribution in [3.63, 3.8) is 0 Å². The van der Waals surface area contributed by atoms with E-state index in [0.29, 0.717) is 24.2 Å². The van der Waals surface area contributed by atoms with Crippen molar-refractivity contribution < 1.29 is 4.79 Å². The van der Waals surface area contributed by atoms with Crippen LogP contribution in [0.2, 0.25) is 0 Å². The summed E-state index contributed by atoms with van der Waals surface area (Å²) in [5.74, 6) is 0.886. The molecule has 0 aliphatic carbocycles. The second-order valence-electron chi connectivity index (χ2n) is 5.25. The lowest BCUT2D eigenvalue weighted by atomic mass is 10.1. The SMILES string of the molecule is CN1CC(Nc2cc3ccccc3c(=O)[nH]2)CCC1=O. The normalized spacial score (nSPS) is 19.4. The van der Waals surface area contributed by atoms with Gasteiger partial charge in [-0.3, -0.25) is 9.59 Å². The van der Waals surface area contributed by atoms with Crippen LogP contribution in [0, 0.1) is 0 Å². The van der Waals surface area contributed by atoms with E-state index in [1.807, 2.05) is 30.3 Å². The van der Waals surface area contributed by atoms with Crippen LogP contribution in [0.3, 0.4) is 0 Å². The third-order valence-electron chi connectivity index (χ3n) is 3.74. The van der Waals surface area contributed by atoms with Crippen LogP contribution in [-0.2, 0) is 4.79 Å². The number of nitrogens with one attached hydrogen (secondary N) is 2. The van der Waals surface area contributed by atoms with Crippen LogP contribution in [0.25, 0.3) is 10.8 Å². The summed E-state index contributed by atoms with van der Waals surface area (Å²) in [5.41, 5.74) is -0.0918. The van der Waals surface area contributed by atoms with Gasteiger partial charge in [-0.25, -0.2) is 0 Å². The number of benzene rings is 1. The first-order valence-corrected chi connectivity index (χ1v) is 6.76. The molecule has 1 atom stereocenters.